The van der Waals surface area contributed by atoms with E-state index < -0.39 is 5.91 Å². The fraction of sp³-hybridized carbons (Fsp3) is 0.250. The van der Waals surface area contributed by atoms with E-state index in [1.807, 2.05) is 44.2 Å². The normalized spacial score (nSPS) is 10.8. The fourth-order valence-corrected chi connectivity index (χ4v) is 3.75. The highest BCUT2D eigenvalue weighted by Gasteiger charge is 2.22. The number of amides is 1. The highest BCUT2D eigenvalue weighted by Crippen LogP contribution is 2.35. The molecule has 1 N–H and O–H groups in total. The van der Waals surface area contributed by atoms with Crippen molar-refractivity contribution in [1.82, 2.24) is 19.8 Å². The minimum atomic E-state index is -0.397. The van der Waals surface area contributed by atoms with Gasteiger partial charge in [-0.1, -0.05) is 12.1 Å². The molecule has 0 radical (unpaired) electrons. The van der Waals surface area contributed by atoms with Crippen LogP contribution in [0.25, 0.3) is 16.8 Å². The summed E-state index contributed by atoms with van der Waals surface area (Å²) in [6, 6.07) is 11.2. The summed E-state index contributed by atoms with van der Waals surface area (Å²) >= 11 is 0. The van der Waals surface area contributed by atoms with E-state index in [1.165, 1.54) is 0 Å². The van der Waals surface area contributed by atoms with Gasteiger partial charge in [0.15, 0.2) is 22.8 Å². The monoisotopic (exact) mass is 447 g/mol. The zero-order chi connectivity index (χ0) is 23.7. The zero-order valence-corrected chi connectivity index (χ0v) is 19.4. The number of aromatic nitrogens is 4. The number of benzene rings is 2. The molecule has 0 spiro atoms. The summed E-state index contributed by atoms with van der Waals surface area (Å²) in [5.41, 5.74) is 5.25. The largest absolute Gasteiger partial charge is 0.495 e. The van der Waals surface area contributed by atoms with Crippen molar-refractivity contribution in [3.8, 4) is 28.4 Å². The van der Waals surface area contributed by atoms with Crippen LogP contribution >= 0.6 is 0 Å². The van der Waals surface area contributed by atoms with Crippen LogP contribution in [0.2, 0.25) is 0 Å². The van der Waals surface area contributed by atoms with Gasteiger partial charge >= 0.3 is 0 Å². The summed E-state index contributed by atoms with van der Waals surface area (Å²) in [4.78, 5) is 13.0. The minimum Gasteiger partial charge on any atom is -0.495 e. The molecule has 9 heteroatoms. The maximum Gasteiger partial charge on any atom is 0.278 e. The summed E-state index contributed by atoms with van der Waals surface area (Å²) in [5, 5.41) is 16.1. The molecular weight excluding hydrogens is 422 g/mol. The molecule has 0 aliphatic rings. The molecule has 0 fully saturated rings. The Labute approximate surface area is 191 Å². The van der Waals surface area contributed by atoms with Gasteiger partial charge in [0, 0.05) is 0 Å². The second kappa shape index (κ2) is 8.78. The average Bonchev–Trinajstić information content (AvgIpc) is 3.15. The third-order valence-electron chi connectivity index (χ3n) is 5.43. The average molecular weight is 447 g/mol. The molecule has 1 amide bonds. The maximum atomic E-state index is 13.0. The number of hydrogen-bond donors (Lipinski definition) is 1. The minimum absolute atomic E-state index is 0.174. The van der Waals surface area contributed by atoms with E-state index in [2.05, 4.69) is 20.6 Å². The van der Waals surface area contributed by atoms with E-state index in [0.29, 0.717) is 34.3 Å². The zero-order valence-electron chi connectivity index (χ0n) is 19.4. The van der Waals surface area contributed by atoms with Crippen molar-refractivity contribution in [2.75, 3.05) is 26.6 Å². The first kappa shape index (κ1) is 22.1. The first-order chi connectivity index (χ1) is 15.9. The lowest BCUT2D eigenvalue weighted by atomic mass is 10.1. The molecule has 0 unspecified atom stereocenters. The molecule has 0 saturated heterocycles. The van der Waals surface area contributed by atoms with Crippen LogP contribution in [0, 0.1) is 20.8 Å². The standard InChI is InChI=1S/C24H25N5O4/c1-13-7-9-18(31-4)17(11-13)25-24(30)22-15(3)29-23(27-26-22)21(14(2)28-29)16-8-10-19(32-5)20(12-16)33-6/h7-12H,1-6H3,(H,25,30). The van der Waals surface area contributed by atoms with Gasteiger partial charge in [0.2, 0.25) is 0 Å². The number of fused-ring (bicyclic) bond motifs is 1. The predicted molar refractivity (Wildman–Crippen MR) is 124 cm³/mol. The van der Waals surface area contributed by atoms with Crippen LogP contribution in [-0.4, -0.2) is 47.0 Å². The third-order valence-corrected chi connectivity index (χ3v) is 5.43. The van der Waals surface area contributed by atoms with Crippen LogP contribution in [-0.2, 0) is 0 Å². The second-order valence-electron chi connectivity index (χ2n) is 7.56. The Hall–Kier alpha value is -4.14. The molecule has 0 saturated carbocycles. The van der Waals surface area contributed by atoms with Gasteiger partial charge in [0.1, 0.15) is 5.75 Å². The van der Waals surface area contributed by atoms with Gasteiger partial charge in [-0.2, -0.15) is 5.10 Å². The van der Waals surface area contributed by atoms with Gasteiger partial charge in [-0.3, -0.25) is 4.79 Å². The molecule has 2 aromatic heterocycles. The Morgan fingerprint density at radius 1 is 0.879 bits per heavy atom. The van der Waals surface area contributed by atoms with Crippen molar-refractivity contribution in [2.24, 2.45) is 0 Å². The van der Waals surface area contributed by atoms with Crippen LogP contribution in [0.3, 0.4) is 0 Å². The van der Waals surface area contributed by atoms with Crippen LogP contribution in [0.4, 0.5) is 5.69 Å². The van der Waals surface area contributed by atoms with E-state index in [1.54, 1.807) is 38.8 Å². The van der Waals surface area contributed by atoms with Gasteiger partial charge in [-0.25, -0.2) is 4.52 Å². The van der Waals surface area contributed by atoms with Gasteiger partial charge in [-0.05, 0) is 56.2 Å². The summed E-state index contributed by atoms with van der Waals surface area (Å²) in [6.45, 7) is 5.61. The van der Waals surface area contributed by atoms with Gasteiger partial charge in [-0.15, -0.1) is 10.2 Å². The quantitative estimate of drug-likeness (QED) is 0.477. The summed E-state index contributed by atoms with van der Waals surface area (Å²) in [7, 11) is 4.73. The van der Waals surface area contributed by atoms with E-state index in [0.717, 1.165) is 22.4 Å². The molecule has 0 bridgehead atoms. The second-order valence-corrected chi connectivity index (χ2v) is 7.56. The molecule has 4 rings (SSSR count). The number of carbonyl (C=O) groups is 1. The van der Waals surface area contributed by atoms with Gasteiger partial charge in [0.25, 0.3) is 5.91 Å². The van der Waals surface area contributed by atoms with E-state index in [4.69, 9.17) is 14.2 Å². The van der Waals surface area contributed by atoms with Crippen LogP contribution in [0.15, 0.2) is 36.4 Å². The number of rotatable bonds is 6. The summed E-state index contributed by atoms with van der Waals surface area (Å²) in [6.07, 6.45) is 0. The van der Waals surface area contributed by atoms with Crippen LogP contribution in [0.1, 0.15) is 27.4 Å². The SMILES string of the molecule is COc1ccc(C)cc1NC(=O)c1nnc2c(-c3ccc(OC)c(OC)c3)c(C)nn2c1C. The van der Waals surface area contributed by atoms with E-state index >= 15 is 0 Å². The van der Waals surface area contributed by atoms with Crippen molar-refractivity contribution in [3.05, 3.63) is 59.0 Å². The Morgan fingerprint density at radius 3 is 2.27 bits per heavy atom. The van der Waals surface area contributed by atoms with Crippen molar-refractivity contribution in [3.63, 3.8) is 0 Å². The number of methoxy groups -OCH3 is 3. The van der Waals surface area contributed by atoms with Crippen molar-refractivity contribution >= 4 is 17.2 Å². The van der Waals surface area contributed by atoms with Crippen molar-refractivity contribution in [1.29, 1.82) is 0 Å². The Morgan fingerprint density at radius 2 is 1.58 bits per heavy atom. The fourth-order valence-electron chi connectivity index (χ4n) is 3.75. The number of anilines is 1. The Kier molecular flexibility index (Phi) is 5.87. The third kappa shape index (κ3) is 3.93. The molecule has 170 valence electrons. The number of nitrogens with zero attached hydrogens (tertiary/aromatic N) is 4. The van der Waals surface area contributed by atoms with E-state index in [-0.39, 0.29) is 5.69 Å². The topological polar surface area (TPSA) is 99.9 Å². The molecule has 0 aliphatic heterocycles. The number of carbonyl (C=O) groups excluding carboxylic acids is 1. The molecule has 2 heterocycles. The molecule has 9 nitrogen and oxygen atoms in total. The molecule has 2 aromatic carbocycles. The lowest BCUT2D eigenvalue weighted by Gasteiger charge is -2.12. The smallest absolute Gasteiger partial charge is 0.278 e. The molecule has 33 heavy (non-hydrogen) atoms. The molecular formula is C24H25N5O4. The lowest BCUT2D eigenvalue weighted by Crippen LogP contribution is -2.19. The number of aryl methyl sites for hydroxylation is 3. The number of nitrogens with one attached hydrogen (secondary N) is 1. The van der Waals surface area contributed by atoms with Gasteiger partial charge in [0.05, 0.1) is 44.0 Å². The van der Waals surface area contributed by atoms with Crippen LogP contribution < -0.4 is 19.5 Å². The van der Waals surface area contributed by atoms with Crippen molar-refractivity contribution in [2.45, 2.75) is 20.8 Å². The summed E-state index contributed by atoms with van der Waals surface area (Å²) in [5.74, 6) is 1.39. The molecule has 4 aromatic rings. The molecule has 0 atom stereocenters. The number of ether oxygens (including phenoxy) is 3. The predicted octanol–water partition coefficient (Wildman–Crippen LogP) is 3.99. The first-order valence-corrected chi connectivity index (χ1v) is 10.3. The Bertz CT molecular complexity index is 1360. The highest BCUT2D eigenvalue weighted by atomic mass is 16.5. The van der Waals surface area contributed by atoms with Crippen molar-refractivity contribution < 1.29 is 19.0 Å². The Balaban J connectivity index is 1.76. The maximum absolute atomic E-state index is 13.0. The highest BCUT2D eigenvalue weighted by molar-refractivity contribution is 6.04. The first-order valence-electron chi connectivity index (χ1n) is 10.3. The summed E-state index contributed by atoms with van der Waals surface area (Å²) < 4.78 is 17.8. The van der Waals surface area contributed by atoms with E-state index in [9.17, 15) is 4.79 Å². The molecule has 0 aliphatic carbocycles. The number of hydrogen-bond acceptors (Lipinski definition) is 7. The van der Waals surface area contributed by atoms with Crippen LogP contribution in [0.5, 0.6) is 17.2 Å². The lowest BCUT2D eigenvalue weighted by molar-refractivity contribution is 0.101. The van der Waals surface area contributed by atoms with Gasteiger partial charge < -0.3 is 19.5 Å².